The Morgan fingerprint density at radius 3 is 2.33 bits per heavy atom. The molecule has 116 valence electrons. The van der Waals surface area contributed by atoms with E-state index >= 15 is 0 Å². The largest absolute Gasteiger partial charge is 0.351 e. The number of aromatic nitrogens is 3. The first-order chi connectivity index (χ1) is 10.2. The third kappa shape index (κ3) is 3.51. The normalized spacial score (nSPS) is 20.8. The van der Waals surface area contributed by atoms with Gasteiger partial charge in [0.1, 0.15) is 0 Å². The fraction of sp³-hybridized carbons (Fsp3) is 0.769. The van der Waals surface area contributed by atoms with E-state index in [4.69, 9.17) is 5.84 Å². The molecule has 0 aliphatic carbocycles. The van der Waals surface area contributed by atoms with E-state index < -0.39 is 0 Å². The van der Waals surface area contributed by atoms with Gasteiger partial charge in [0.2, 0.25) is 17.8 Å². The maximum absolute atomic E-state index is 5.48. The number of piperidine rings is 1. The van der Waals surface area contributed by atoms with Gasteiger partial charge >= 0.3 is 0 Å². The number of hydrazine groups is 1. The van der Waals surface area contributed by atoms with Gasteiger partial charge in [-0.2, -0.15) is 15.0 Å². The quantitative estimate of drug-likeness (QED) is 0.537. The summed E-state index contributed by atoms with van der Waals surface area (Å²) in [6.45, 7) is 4.21. The molecule has 0 radical (unpaired) electrons. The van der Waals surface area contributed by atoms with Crippen LogP contribution in [-0.4, -0.2) is 59.1 Å². The van der Waals surface area contributed by atoms with Crippen LogP contribution in [0, 0.1) is 0 Å². The maximum Gasteiger partial charge on any atom is 0.243 e. The van der Waals surface area contributed by atoms with Crippen molar-refractivity contribution in [2.24, 2.45) is 5.84 Å². The van der Waals surface area contributed by atoms with Crippen LogP contribution in [0.1, 0.15) is 25.7 Å². The zero-order valence-corrected chi connectivity index (χ0v) is 12.5. The summed E-state index contributed by atoms with van der Waals surface area (Å²) in [5.74, 6) is 7.23. The average molecular weight is 292 g/mol. The summed E-state index contributed by atoms with van der Waals surface area (Å²) in [7, 11) is 2.15. The molecule has 2 aliphatic rings. The second kappa shape index (κ2) is 6.40. The number of anilines is 3. The van der Waals surface area contributed by atoms with E-state index in [1.54, 1.807) is 0 Å². The van der Waals surface area contributed by atoms with Crippen molar-refractivity contribution < 1.29 is 0 Å². The minimum absolute atomic E-state index is 0.417. The van der Waals surface area contributed by atoms with Gasteiger partial charge in [-0.3, -0.25) is 5.43 Å². The van der Waals surface area contributed by atoms with E-state index in [1.807, 2.05) is 0 Å². The highest BCUT2D eigenvalue weighted by Crippen LogP contribution is 2.20. The molecule has 2 saturated heterocycles. The third-order valence-electron chi connectivity index (χ3n) is 4.19. The first-order valence-electron chi connectivity index (χ1n) is 7.67. The van der Waals surface area contributed by atoms with E-state index in [-0.39, 0.29) is 0 Å². The predicted molar refractivity (Wildman–Crippen MR) is 83.2 cm³/mol. The van der Waals surface area contributed by atoms with Gasteiger partial charge in [-0.25, -0.2) is 5.84 Å². The van der Waals surface area contributed by atoms with Crippen LogP contribution in [0.4, 0.5) is 17.8 Å². The van der Waals surface area contributed by atoms with Crippen molar-refractivity contribution in [3.8, 4) is 0 Å². The van der Waals surface area contributed by atoms with Gasteiger partial charge in [0.15, 0.2) is 0 Å². The molecule has 8 nitrogen and oxygen atoms in total. The summed E-state index contributed by atoms with van der Waals surface area (Å²) in [4.78, 5) is 17.8. The fourth-order valence-corrected chi connectivity index (χ4v) is 2.89. The van der Waals surface area contributed by atoms with Crippen molar-refractivity contribution in [1.29, 1.82) is 0 Å². The first-order valence-corrected chi connectivity index (χ1v) is 7.67. The molecule has 3 heterocycles. The van der Waals surface area contributed by atoms with Crippen LogP contribution in [-0.2, 0) is 0 Å². The lowest BCUT2D eigenvalue weighted by atomic mass is 10.1. The first kappa shape index (κ1) is 14.3. The van der Waals surface area contributed by atoms with E-state index in [0.29, 0.717) is 23.9 Å². The van der Waals surface area contributed by atoms with Gasteiger partial charge in [-0.15, -0.1) is 0 Å². The summed E-state index contributed by atoms with van der Waals surface area (Å²) in [6, 6.07) is 0.417. The highest BCUT2D eigenvalue weighted by molar-refractivity contribution is 5.44. The van der Waals surface area contributed by atoms with Crippen LogP contribution in [0.3, 0.4) is 0 Å². The Bertz CT molecular complexity index is 465. The molecule has 0 amide bonds. The average Bonchev–Trinajstić information content (AvgIpc) is 3.04. The monoisotopic (exact) mass is 292 g/mol. The topological polar surface area (TPSA) is 95.2 Å². The number of nitrogens with two attached hydrogens (primary N) is 1. The molecular formula is C13H24N8. The molecule has 0 unspecified atom stereocenters. The Balaban J connectivity index is 1.72. The van der Waals surface area contributed by atoms with E-state index in [2.05, 4.69) is 42.5 Å². The highest BCUT2D eigenvalue weighted by Gasteiger charge is 2.20. The fourth-order valence-electron chi connectivity index (χ4n) is 2.89. The Labute approximate surface area is 125 Å². The molecule has 21 heavy (non-hydrogen) atoms. The van der Waals surface area contributed by atoms with Gasteiger partial charge in [0.05, 0.1) is 0 Å². The summed E-state index contributed by atoms with van der Waals surface area (Å²) in [5.41, 5.74) is 2.54. The van der Waals surface area contributed by atoms with Gasteiger partial charge in [0.25, 0.3) is 0 Å². The van der Waals surface area contributed by atoms with Crippen LogP contribution >= 0.6 is 0 Å². The minimum atomic E-state index is 0.417. The number of hydrogen-bond donors (Lipinski definition) is 3. The molecule has 0 atom stereocenters. The Morgan fingerprint density at radius 2 is 1.67 bits per heavy atom. The zero-order chi connectivity index (χ0) is 14.7. The maximum atomic E-state index is 5.48. The molecule has 2 fully saturated rings. The third-order valence-corrected chi connectivity index (χ3v) is 4.19. The lowest BCUT2D eigenvalue weighted by Crippen LogP contribution is -2.37. The molecule has 0 aromatic carbocycles. The van der Waals surface area contributed by atoms with Crippen LogP contribution in [0.5, 0.6) is 0 Å². The summed E-state index contributed by atoms with van der Waals surface area (Å²) >= 11 is 0. The number of nitrogens with one attached hydrogen (secondary N) is 2. The second-order valence-corrected chi connectivity index (χ2v) is 5.84. The van der Waals surface area contributed by atoms with Crippen LogP contribution < -0.4 is 21.5 Å². The minimum Gasteiger partial charge on any atom is -0.351 e. The van der Waals surface area contributed by atoms with Crippen molar-refractivity contribution in [2.75, 3.05) is 48.9 Å². The molecule has 3 rings (SSSR count). The molecule has 2 aliphatic heterocycles. The number of nitrogen functional groups attached to an aromatic ring is 1. The van der Waals surface area contributed by atoms with Gasteiger partial charge in [-0.05, 0) is 45.8 Å². The van der Waals surface area contributed by atoms with Gasteiger partial charge in [-0.1, -0.05) is 0 Å². The molecule has 0 saturated carbocycles. The number of rotatable bonds is 4. The second-order valence-electron chi connectivity index (χ2n) is 5.84. The van der Waals surface area contributed by atoms with Crippen molar-refractivity contribution in [3.63, 3.8) is 0 Å². The summed E-state index contributed by atoms with van der Waals surface area (Å²) in [5, 5.41) is 3.43. The van der Waals surface area contributed by atoms with E-state index in [9.17, 15) is 0 Å². The van der Waals surface area contributed by atoms with Gasteiger partial charge < -0.3 is 15.1 Å². The van der Waals surface area contributed by atoms with Crippen LogP contribution in [0.2, 0.25) is 0 Å². The zero-order valence-electron chi connectivity index (χ0n) is 12.5. The highest BCUT2D eigenvalue weighted by atomic mass is 15.4. The van der Waals surface area contributed by atoms with Crippen molar-refractivity contribution in [3.05, 3.63) is 0 Å². The number of nitrogens with zero attached hydrogens (tertiary/aromatic N) is 5. The lowest BCUT2D eigenvalue weighted by molar-refractivity contribution is 0.263. The molecule has 0 spiro atoms. The van der Waals surface area contributed by atoms with E-state index in [1.165, 1.54) is 12.8 Å². The van der Waals surface area contributed by atoms with E-state index in [0.717, 1.165) is 39.0 Å². The Hall–Kier alpha value is -1.67. The standard InChI is InChI=1S/C13H24N8/c1-20-8-4-10(5-9-20)15-11-16-12(19-14)18-13(17-11)21-6-2-3-7-21/h10H,2-9,14H2,1H3,(H2,15,16,17,18,19). The molecule has 4 N–H and O–H groups in total. The van der Waals surface area contributed by atoms with Crippen molar-refractivity contribution in [2.45, 2.75) is 31.7 Å². The lowest BCUT2D eigenvalue weighted by Gasteiger charge is -2.29. The van der Waals surface area contributed by atoms with Crippen molar-refractivity contribution in [1.82, 2.24) is 19.9 Å². The summed E-state index contributed by atoms with van der Waals surface area (Å²) < 4.78 is 0. The molecule has 1 aromatic rings. The predicted octanol–water partition coefficient (Wildman–Crippen LogP) is 0.264. The SMILES string of the molecule is CN1CCC(Nc2nc(NN)nc(N3CCCC3)n2)CC1. The number of hydrogen-bond acceptors (Lipinski definition) is 8. The smallest absolute Gasteiger partial charge is 0.243 e. The molecular weight excluding hydrogens is 268 g/mol. The summed E-state index contributed by atoms with van der Waals surface area (Å²) in [6.07, 6.45) is 4.59. The number of likely N-dealkylation sites (tertiary alicyclic amines) is 1. The Morgan fingerprint density at radius 1 is 1.00 bits per heavy atom. The molecule has 8 heteroatoms. The molecule has 0 bridgehead atoms. The molecule has 1 aromatic heterocycles. The Kier molecular flexibility index (Phi) is 4.35. The van der Waals surface area contributed by atoms with Gasteiger partial charge in [0, 0.05) is 19.1 Å². The van der Waals surface area contributed by atoms with Crippen molar-refractivity contribution >= 4 is 17.8 Å². The van der Waals surface area contributed by atoms with Crippen LogP contribution in [0.25, 0.3) is 0 Å². The van der Waals surface area contributed by atoms with Crippen LogP contribution in [0.15, 0.2) is 0 Å².